The summed E-state index contributed by atoms with van der Waals surface area (Å²) in [5.74, 6) is 0.649. The second kappa shape index (κ2) is 3.85. The number of anilines is 1. The van der Waals surface area contributed by atoms with Crippen molar-refractivity contribution in [1.82, 2.24) is 19.6 Å². The molecule has 92 valence electrons. The Bertz CT molecular complexity index is 586. The number of aromatic nitrogens is 4. The van der Waals surface area contributed by atoms with Crippen LogP contribution in [0.5, 0.6) is 0 Å². The smallest absolute Gasteiger partial charge is 0.348 e. The van der Waals surface area contributed by atoms with Crippen molar-refractivity contribution in [1.29, 1.82) is 0 Å². The Balaban J connectivity index is 2.46. The summed E-state index contributed by atoms with van der Waals surface area (Å²) in [6.45, 7) is 3.80. The Labute approximate surface area is 97.7 Å². The lowest BCUT2D eigenvalue weighted by Crippen LogP contribution is -2.44. The average molecular weight is 237 g/mol. The molecular formula is C10H15N5O2. The number of likely N-dealkylation sites (N-methyl/N-ethyl adjacent to an activating group) is 1. The van der Waals surface area contributed by atoms with E-state index in [4.69, 9.17) is 0 Å². The Morgan fingerprint density at radius 3 is 2.94 bits per heavy atom. The molecule has 0 aliphatic rings. The third kappa shape index (κ3) is 1.89. The van der Waals surface area contributed by atoms with Crippen molar-refractivity contribution in [2.75, 3.05) is 18.6 Å². The normalized spacial score (nSPS) is 12.0. The fraction of sp³-hybridized carbons (Fsp3) is 0.500. The Morgan fingerprint density at radius 2 is 2.29 bits per heavy atom. The molecule has 0 aliphatic carbocycles. The first-order valence-electron chi connectivity index (χ1n) is 5.23. The van der Waals surface area contributed by atoms with Crippen LogP contribution in [0.25, 0.3) is 5.65 Å². The molecule has 2 aromatic heterocycles. The van der Waals surface area contributed by atoms with Gasteiger partial charge in [-0.3, -0.25) is 0 Å². The van der Waals surface area contributed by atoms with Gasteiger partial charge in [-0.2, -0.15) is 5.10 Å². The van der Waals surface area contributed by atoms with Gasteiger partial charge in [-0.1, -0.05) is 0 Å². The molecule has 0 atom stereocenters. The second-order valence-electron chi connectivity index (χ2n) is 4.53. The first kappa shape index (κ1) is 11.6. The number of aromatic amines is 1. The Morgan fingerprint density at radius 1 is 1.59 bits per heavy atom. The van der Waals surface area contributed by atoms with Gasteiger partial charge in [0.25, 0.3) is 0 Å². The van der Waals surface area contributed by atoms with Gasteiger partial charge in [0, 0.05) is 13.1 Å². The molecule has 0 spiro atoms. The molecule has 7 heteroatoms. The number of H-pyrrole nitrogens is 1. The standard InChI is InChI=1S/C10H15N5O2/c1-10(2,5-16)14(3)7-4-8-12-13-9(17)15(8)6-11-7/h4,6,16H,5H2,1-3H3,(H,13,17). The largest absolute Gasteiger partial charge is 0.394 e. The van der Waals surface area contributed by atoms with E-state index in [1.165, 1.54) is 10.7 Å². The summed E-state index contributed by atoms with van der Waals surface area (Å²) in [5, 5.41) is 15.5. The molecule has 0 aromatic carbocycles. The molecule has 0 fully saturated rings. The minimum Gasteiger partial charge on any atom is -0.394 e. The van der Waals surface area contributed by atoms with E-state index in [0.29, 0.717) is 11.5 Å². The molecule has 0 bridgehead atoms. The molecule has 0 saturated carbocycles. The van der Waals surface area contributed by atoms with Gasteiger partial charge in [0.1, 0.15) is 12.1 Å². The van der Waals surface area contributed by atoms with Crippen LogP contribution in [-0.2, 0) is 0 Å². The fourth-order valence-electron chi connectivity index (χ4n) is 1.40. The summed E-state index contributed by atoms with van der Waals surface area (Å²) < 4.78 is 1.32. The summed E-state index contributed by atoms with van der Waals surface area (Å²) in [4.78, 5) is 17.3. The highest BCUT2D eigenvalue weighted by Gasteiger charge is 2.24. The molecule has 0 unspecified atom stereocenters. The van der Waals surface area contributed by atoms with E-state index in [0.717, 1.165) is 0 Å². The zero-order chi connectivity index (χ0) is 12.6. The number of hydrogen-bond donors (Lipinski definition) is 2. The summed E-state index contributed by atoms with van der Waals surface area (Å²) >= 11 is 0. The highest BCUT2D eigenvalue weighted by atomic mass is 16.3. The first-order chi connectivity index (χ1) is 7.95. The van der Waals surface area contributed by atoms with Crippen LogP contribution < -0.4 is 10.6 Å². The maximum absolute atomic E-state index is 11.3. The van der Waals surface area contributed by atoms with E-state index in [-0.39, 0.29) is 12.3 Å². The Hall–Kier alpha value is -1.89. The van der Waals surface area contributed by atoms with E-state index >= 15 is 0 Å². The molecule has 7 nitrogen and oxygen atoms in total. The van der Waals surface area contributed by atoms with E-state index < -0.39 is 5.54 Å². The van der Waals surface area contributed by atoms with Crippen molar-refractivity contribution >= 4 is 11.5 Å². The molecule has 0 aliphatic heterocycles. The Kier molecular flexibility index (Phi) is 2.62. The zero-order valence-electron chi connectivity index (χ0n) is 10.0. The number of rotatable bonds is 3. The van der Waals surface area contributed by atoms with Gasteiger partial charge in [-0.05, 0) is 13.8 Å². The second-order valence-corrected chi connectivity index (χ2v) is 4.53. The van der Waals surface area contributed by atoms with Crippen LogP contribution in [-0.4, -0.2) is 43.9 Å². The van der Waals surface area contributed by atoms with Crippen molar-refractivity contribution in [3.63, 3.8) is 0 Å². The number of aliphatic hydroxyl groups is 1. The summed E-state index contributed by atoms with van der Waals surface area (Å²) in [6.07, 6.45) is 1.42. The quantitative estimate of drug-likeness (QED) is 0.760. The minimum atomic E-state index is -0.429. The molecule has 0 amide bonds. The number of fused-ring (bicyclic) bond motifs is 1. The predicted octanol–water partition coefficient (Wildman–Crippen LogP) is -0.375. The topological polar surface area (TPSA) is 86.5 Å². The van der Waals surface area contributed by atoms with Crippen LogP contribution in [0.3, 0.4) is 0 Å². The van der Waals surface area contributed by atoms with Crippen molar-refractivity contribution in [3.8, 4) is 0 Å². The first-order valence-corrected chi connectivity index (χ1v) is 5.23. The maximum Gasteiger partial charge on any atom is 0.348 e. The average Bonchev–Trinajstić information content (AvgIpc) is 2.69. The van der Waals surface area contributed by atoms with Gasteiger partial charge in [0.15, 0.2) is 5.65 Å². The van der Waals surface area contributed by atoms with Crippen LogP contribution in [0.1, 0.15) is 13.8 Å². The SMILES string of the molecule is CN(c1cc2n[nH]c(=O)n2cn1)C(C)(C)CO. The fourth-order valence-corrected chi connectivity index (χ4v) is 1.40. The maximum atomic E-state index is 11.3. The molecular weight excluding hydrogens is 222 g/mol. The van der Waals surface area contributed by atoms with Crippen LogP contribution >= 0.6 is 0 Å². The highest BCUT2D eigenvalue weighted by Crippen LogP contribution is 2.19. The summed E-state index contributed by atoms with van der Waals surface area (Å²) in [7, 11) is 1.83. The van der Waals surface area contributed by atoms with Crippen molar-refractivity contribution in [2.24, 2.45) is 0 Å². The van der Waals surface area contributed by atoms with Crippen molar-refractivity contribution in [3.05, 3.63) is 22.9 Å². The number of nitrogens with zero attached hydrogens (tertiary/aromatic N) is 4. The van der Waals surface area contributed by atoms with Gasteiger partial charge < -0.3 is 10.0 Å². The van der Waals surface area contributed by atoms with Crippen LogP contribution in [0.4, 0.5) is 5.82 Å². The third-order valence-corrected chi connectivity index (χ3v) is 2.93. The lowest BCUT2D eigenvalue weighted by atomic mass is 10.1. The van der Waals surface area contributed by atoms with Crippen molar-refractivity contribution in [2.45, 2.75) is 19.4 Å². The van der Waals surface area contributed by atoms with Gasteiger partial charge in [0.2, 0.25) is 0 Å². The number of aliphatic hydroxyl groups excluding tert-OH is 1. The van der Waals surface area contributed by atoms with Crippen molar-refractivity contribution < 1.29 is 5.11 Å². The molecule has 2 heterocycles. The van der Waals surface area contributed by atoms with E-state index in [1.54, 1.807) is 6.07 Å². The monoisotopic (exact) mass is 237 g/mol. The minimum absolute atomic E-state index is 0.00370. The van der Waals surface area contributed by atoms with Gasteiger partial charge in [0.05, 0.1) is 12.1 Å². The van der Waals surface area contributed by atoms with Gasteiger partial charge in [-0.25, -0.2) is 19.3 Å². The number of nitrogens with one attached hydrogen (secondary N) is 1. The summed E-state index contributed by atoms with van der Waals surface area (Å²) in [6, 6.07) is 1.69. The van der Waals surface area contributed by atoms with Gasteiger partial charge >= 0.3 is 5.69 Å². The highest BCUT2D eigenvalue weighted by molar-refractivity contribution is 5.51. The number of hydrogen-bond acceptors (Lipinski definition) is 5. The molecule has 0 radical (unpaired) electrons. The van der Waals surface area contributed by atoms with Crippen LogP contribution in [0, 0.1) is 0 Å². The molecule has 2 N–H and O–H groups in total. The lowest BCUT2D eigenvalue weighted by Gasteiger charge is -2.34. The van der Waals surface area contributed by atoms with E-state index in [1.807, 2.05) is 25.8 Å². The third-order valence-electron chi connectivity index (χ3n) is 2.93. The zero-order valence-corrected chi connectivity index (χ0v) is 10.0. The molecule has 0 saturated heterocycles. The summed E-state index contributed by atoms with van der Waals surface area (Å²) in [5.41, 5.74) is -0.245. The van der Waals surface area contributed by atoms with Crippen LogP contribution in [0.2, 0.25) is 0 Å². The van der Waals surface area contributed by atoms with E-state index in [9.17, 15) is 9.90 Å². The van der Waals surface area contributed by atoms with E-state index in [2.05, 4.69) is 15.2 Å². The lowest BCUT2D eigenvalue weighted by molar-refractivity contribution is 0.215. The molecule has 2 rings (SSSR count). The predicted molar refractivity (Wildman–Crippen MR) is 63.2 cm³/mol. The molecule has 2 aromatic rings. The van der Waals surface area contributed by atoms with Crippen LogP contribution in [0.15, 0.2) is 17.2 Å². The van der Waals surface area contributed by atoms with Gasteiger partial charge in [-0.15, -0.1) is 0 Å². The molecule has 17 heavy (non-hydrogen) atoms.